The van der Waals surface area contributed by atoms with Crippen molar-refractivity contribution in [1.82, 2.24) is 5.32 Å². The molecular formula is C15H21BrN2O2. The first kappa shape index (κ1) is 16.7. The molecule has 2 N–H and O–H groups in total. The summed E-state index contributed by atoms with van der Waals surface area (Å²) in [6.07, 6.45) is 0.843. The zero-order chi connectivity index (χ0) is 15.3. The van der Waals surface area contributed by atoms with Crippen molar-refractivity contribution in [3.05, 3.63) is 28.2 Å². The number of amides is 2. The number of hydrogen-bond acceptors (Lipinski definition) is 2. The Labute approximate surface area is 128 Å². The summed E-state index contributed by atoms with van der Waals surface area (Å²) in [5.74, 6) is -0.571. The molecule has 0 atom stereocenters. The molecule has 5 heteroatoms. The smallest absolute Gasteiger partial charge is 0.239 e. The van der Waals surface area contributed by atoms with E-state index in [4.69, 9.17) is 0 Å². The predicted molar refractivity (Wildman–Crippen MR) is 84.6 cm³/mol. The number of anilines is 1. The molecule has 0 spiro atoms. The van der Waals surface area contributed by atoms with Crippen molar-refractivity contribution in [3.8, 4) is 0 Å². The van der Waals surface area contributed by atoms with Crippen LogP contribution in [-0.2, 0) is 9.59 Å². The highest BCUT2D eigenvalue weighted by Gasteiger charge is 2.35. The van der Waals surface area contributed by atoms with Crippen molar-refractivity contribution in [1.29, 1.82) is 0 Å². The zero-order valence-electron chi connectivity index (χ0n) is 12.3. The lowest BCUT2D eigenvalue weighted by Gasteiger charge is -2.22. The summed E-state index contributed by atoms with van der Waals surface area (Å²) in [6.45, 7) is 7.74. The van der Waals surface area contributed by atoms with Gasteiger partial charge >= 0.3 is 0 Å². The Kier molecular flexibility index (Phi) is 5.74. The molecule has 4 nitrogen and oxygen atoms in total. The molecule has 20 heavy (non-hydrogen) atoms. The van der Waals surface area contributed by atoms with E-state index in [9.17, 15) is 9.59 Å². The summed E-state index contributed by atoms with van der Waals surface area (Å²) >= 11 is 3.41. The Morgan fingerprint density at radius 1 is 1.25 bits per heavy atom. The number of nitrogens with one attached hydrogen (secondary N) is 2. The highest BCUT2D eigenvalue weighted by Crippen LogP contribution is 2.23. The highest BCUT2D eigenvalue weighted by atomic mass is 79.9. The summed E-state index contributed by atoms with van der Waals surface area (Å²) in [5, 5.41) is 5.54. The van der Waals surface area contributed by atoms with E-state index >= 15 is 0 Å². The second-order valence-corrected chi connectivity index (χ2v) is 6.15. The first-order chi connectivity index (χ1) is 9.28. The van der Waals surface area contributed by atoms with Gasteiger partial charge in [-0.25, -0.2) is 0 Å². The van der Waals surface area contributed by atoms with Crippen LogP contribution in [0, 0.1) is 12.3 Å². The molecule has 0 aromatic heterocycles. The Hall–Kier alpha value is -1.36. The van der Waals surface area contributed by atoms with Gasteiger partial charge < -0.3 is 10.6 Å². The lowest BCUT2D eigenvalue weighted by atomic mass is 9.91. The van der Waals surface area contributed by atoms with E-state index < -0.39 is 5.41 Å². The molecule has 0 unspecified atom stereocenters. The average Bonchev–Trinajstić information content (AvgIpc) is 2.39. The summed E-state index contributed by atoms with van der Waals surface area (Å²) in [6, 6.07) is 5.53. The van der Waals surface area contributed by atoms with Crippen LogP contribution in [0.2, 0.25) is 0 Å². The molecule has 0 radical (unpaired) electrons. The number of hydrogen-bond donors (Lipinski definition) is 2. The van der Waals surface area contributed by atoms with Gasteiger partial charge in [-0.05, 0) is 51.0 Å². The van der Waals surface area contributed by atoms with Crippen molar-refractivity contribution >= 4 is 33.4 Å². The molecule has 1 aromatic carbocycles. The largest absolute Gasteiger partial charge is 0.355 e. The number of rotatable bonds is 5. The van der Waals surface area contributed by atoms with Gasteiger partial charge in [0.1, 0.15) is 5.41 Å². The van der Waals surface area contributed by atoms with Crippen molar-refractivity contribution < 1.29 is 9.59 Å². The molecule has 2 amide bonds. The summed E-state index contributed by atoms with van der Waals surface area (Å²) < 4.78 is 0.982. The molecule has 0 saturated carbocycles. The number of benzene rings is 1. The Morgan fingerprint density at radius 2 is 1.90 bits per heavy atom. The minimum Gasteiger partial charge on any atom is -0.355 e. The Balaban J connectivity index is 2.78. The Morgan fingerprint density at radius 3 is 2.45 bits per heavy atom. The number of carbonyl (C=O) groups is 2. The Bertz CT molecular complexity index is 513. The number of carbonyl (C=O) groups excluding carboxylic acids is 2. The fraction of sp³-hybridized carbons (Fsp3) is 0.467. The first-order valence-corrected chi connectivity index (χ1v) is 7.44. The summed E-state index contributed by atoms with van der Waals surface area (Å²) in [4.78, 5) is 24.2. The van der Waals surface area contributed by atoms with E-state index in [1.54, 1.807) is 19.9 Å². The van der Waals surface area contributed by atoms with E-state index in [0.717, 1.165) is 16.5 Å². The third-order valence-corrected chi connectivity index (χ3v) is 3.98. The minimum absolute atomic E-state index is 0.259. The fourth-order valence-electron chi connectivity index (χ4n) is 1.57. The maximum Gasteiger partial charge on any atom is 0.239 e. The molecule has 0 fully saturated rings. The highest BCUT2D eigenvalue weighted by molar-refractivity contribution is 9.10. The van der Waals surface area contributed by atoms with Gasteiger partial charge in [-0.2, -0.15) is 0 Å². The molecular weight excluding hydrogens is 320 g/mol. The van der Waals surface area contributed by atoms with E-state index in [1.165, 1.54) is 0 Å². The number of aryl methyl sites for hydroxylation is 1. The van der Waals surface area contributed by atoms with Gasteiger partial charge in [-0.15, -0.1) is 0 Å². The van der Waals surface area contributed by atoms with Crippen LogP contribution in [0.15, 0.2) is 22.7 Å². The van der Waals surface area contributed by atoms with Gasteiger partial charge in [0.2, 0.25) is 11.8 Å². The predicted octanol–water partition coefficient (Wildman–Crippen LogP) is 3.25. The lowest BCUT2D eigenvalue weighted by molar-refractivity contribution is -0.138. The van der Waals surface area contributed by atoms with E-state index in [1.807, 2.05) is 26.0 Å². The topological polar surface area (TPSA) is 58.2 Å². The quantitative estimate of drug-likeness (QED) is 0.808. The van der Waals surface area contributed by atoms with E-state index in [-0.39, 0.29) is 11.8 Å². The molecule has 0 aliphatic rings. The van der Waals surface area contributed by atoms with E-state index in [2.05, 4.69) is 26.6 Å². The van der Waals surface area contributed by atoms with Crippen LogP contribution in [0.4, 0.5) is 5.69 Å². The fourth-order valence-corrected chi connectivity index (χ4v) is 1.82. The van der Waals surface area contributed by atoms with Crippen LogP contribution in [0.5, 0.6) is 0 Å². The molecule has 1 rings (SSSR count). The molecule has 0 heterocycles. The average molecular weight is 341 g/mol. The van der Waals surface area contributed by atoms with Crippen molar-refractivity contribution in [2.45, 2.75) is 34.1 Å². The molecule has 110 valence electrons. The maximum absolute atomic E-state index is 12.3. The van der Waals surface area contributed by atoms with Crippen molar-refractivity contribution in [3.63, 3.8) is 0 Å². The lowest BCUT2D eigenvalue weighted by Crippen LogP contribution is -2.45. The monoisotopic (exact) mass is 340 g/mol. The molecule has 0 saturated heterocycles. The van der Waals surface area contributed by atoms with Crippen LogP contribution >= 0.6 is 15.9 Å². The van der Waals surface area contributed by atoms with Crippen molar-refractivity contribution in [2.24, 2.45) is 5.41 Å². The van der Waals surface area contributed by atoms with Gasteiger partial charge in [0.15, 0.2) is 0 Å². The molecule has 1 aromatic rings. The maximum atomic E-state index is 12.3. The van der Waals surface area contributed by atoms with Crippen molar-refractivity contribution in [2.75, 3.05) is 11.9 Å². The molecule has 0 bridgehead atoms. The summed E-state index contributed by atoms with van der Waals surface area (Å²) in [5.41, 5.74) is 0.610. The van der Waals surface area contributed by atoms with Crippen LogP contribution < -0.4 is 10.6 Å². The molecule has 0 aliphatic carbocycles. The SMILES string of the molecule is CCCNC(=O)C(C)(C)C(=O)Nc1ccc(Br)c(C)c1. The van der Waals surface area contributed by atoms with Gasteiger partial charge in [-0.1, -0.05) is 22.9 Å². The molecule has 0 aliphatic heterocycles. The third-order valence-electron chi connectivity index (χ3n) is 3.09. The second-order valence-electron chi connectivity index (χ2n) is 5.30. The normalized spacial score (nSPS) is 11.1. The van der Waals surface area contributed by atoms with Crippen LogP contribution in [-0.4, -0.2) is 18.4 Å². The second kappa shape index (κ2) is 6.88. The first-order valence-electron chi connectivity index (χ1n) is 6.65. The summed E-state index contributed by atoms with van der Waals surface area (Å²) in [7, 11) is 0. The van der Waals surface area contributed by atoms with Gasteiger partial charge in [0, 0.05) is 16.7 Å². The third kappa shape index (κ3) is 4.07. The van der Waals surface area contributed by atoms with Gasteiger partial charge in [0.05, 0.1) is 0 Å². The van der Waals surface area contributed by atoms with Crippen LogP contribution in [0.1, 0.15) is 32.8 Å². The van der Waals surface area contributed by atoms with Gasteiger partial charge in [0.25, 0.3) is 0 Å². The minimum atomic E-state index is -1.10. The standard InChI is InChI=1S/C15H21BrN2O2/c1-5-8-17-13(19)15(3,4)14(20)18-11-6-7-12(16)10(2)9-11/h6-7,9H,5,8H2,1-4H3,(H,17,19)(H,18,20). The van der Waals surface area contributed by atoms with E-state index in [0.29, 0.717) is 12.2 Å². The van der Waals surface area contributed by atoms with Crippen LogP contribution in [0.25, 0.3) is 0 Å². The van der Waals surface area contributed by atoms with Crippen LogP contribution in [0.3, 0.4) is 0 Å². The zero-order valence-corrected chi connectivity index (χ0v) is 13.9. The number of halogens is 1. The van der Waals surface area contributed by atoms with Gasteiger partial charge in [-0.3, -0.25) is 9.59 Å².